The van der Waals surface area contributed by atoms with E-state index in [-0.39, 0.29) is 16.8 Å². The number of fused-ring (bicyclic) bond motifs is 1. The first kappa shape index (κ1) is 27.3. The molecule has 3 fully saturated rings. The largest absolute Gasteiger partial charge is 3.00 e. The minimum Gasteiger partial charge on any atom is -0.418 e. The Hall–Kier alpha value is 0.291. The molecule has 3 aliphatic carbocycles. The van der Waals surface area contributed by atoms with Crippen molar-refractivity contribution >= 4 is 7.25 Å². The molecule has 152 valence electrons. The SMILES string of the molecule is C[C]1[C](C)[C](C)[C](C)[C]1C.F[B-](F)(F)F.[CH]1[CH][CH][C]2CCCCC2C[CH]1.[Co+3]. The maximum absolute atomic E-state index is 9.75. The van der Waals surface area contributed by atoms with Crippen molar-refractivity contribution in [3.05, 3.63) is 61.2 Å². The molecule has 10 radical (unpaired) electrons. The Kier molecular flexibility index (Phi) is 12.9. The van der Waals surface area contributed by atoms with E-state index < -0.39 is 7.25 Å². The monoisotopic (exact) mass is 428 g/mol. The van der Waals surface area contributed by atoms with Gasteiger partial charge in [0.05, 0.1) is 0 Å². The molecule has 0 aromatic carbocycles. The second-order valence-corrected chi connectivity index (χ2v) is 7.16. The summed E-state index contributed by atoms with van der Waals surface area (Å²) in [5.74, 6) is 9.92. The van der Waals surface area contributed by atoms with Gasteiger partial charge in [-0.05, 0) is 86.4 Å². The van der Waals surface area contributed by atoms with E-state index >= 15 is 0 Å². The molecule has 3 saturated carbocycles. The van der Waals surface area contributed by atoms with Gasteiger partial charge in [0.1, 0.15) is 0 Å². The van der Waals surface area contributed by atoms with Crippen LogP contribution in [0.1, 0.15) is 66.7 Å². The van der Waals surface area contributed by atoms with Crippen molar-refractivity contribution in [2.45, 2.75) is 66.7 Å². The Morgan fingerprint density at radius 2 is 1.22 bits per heavy atom. The molecule has 0 aromatic rings. The summed E-state index contributed by atoms with van der Waals surface area (Å²) in [6.45, 7) is 11.0. The Bertz CT molecular complexity index is 326. The topological polar surface area (TPSA) is 0 Å². The van der Waals surface area contributed by atoms with Crippen LogP contribution in [0.2, 0.25) is 0 Å². The third-order valence-electron chi connectivity index (χ3n) is 5.58. The standard InChI is InChI=1S/C11H15.C10H15.BF4.Co/c1-2-6-10-8-4-5-9-11(10)7-3-1;1-6-7(2)9(4)10(5)8(6)3;2-1(3,4)5;/h1-3,6,11H,4-5,7-9H2;1-5H3;;/q;;-1;+3. The fourth-order valence-corrected chi connectivity index (χ4v) is 3.50. The average Bonchev–Trinajstić information content (AvgIpc) is 2.78. The van der Waals surface area contributed by atoms with Crippen LogP contribution < -0.4 is 0 Å². The van der Waals surface area contributed by atoms with E-state index in [2.05, 4.69) is 60.3 Å². The molecular weight excluding hydrogens is 398 g/mol. The van der Waals surface area contributed by atoms with Crippen molar-refractivity contribution in [2.24, 2.45) is 5.92 Å². The third kappa shape index (κ3) is 10.0. The van der Waals surface area contributed by atoms with E-state index in [1.807, 2.05) is 0 Å². The molecule has 0 N–H and O–H groups in total. The predicted octanol–water partition coefficient (Wildman–Crippen LogP) is 7.24. The first-order valence-corrected chi connectivity index (χ1v) is 9.28. The van der Waals surface area contributed by atoms with Gasteiger partial charge >= 0.3 is 24.0 Å². The van der Waals surface area contributed by atoms with Crippen LogP contribution in [0.15, 0.2) is 0 Å². The summed E-state index contributed by atoms with van der Waals surface area (Å²) in [6, 6.07) is 0. The van der Waals surface area contributed by atoms with Crippen LogP contribution in [0.4, 0.5) is 17.3 Å². The molecule has 0 bridgehead atoms. The van der Waals surface area contributed by atoms with Crippen LogP contribution in [0.3, 0.4) is 0 Å². The van der Waals surface area contributed by atoms with Crippen molar-refractivity contribution in [2.75, 3.05) is 0 Å². The molecule has 3 aliphatic rings. The van der Waals surface area contributed by atoms with Crippen molar-refractivity contribution < 1.29 is 34.0 Å². The Morgan fingerprint density at radius 3 is 1.67 bits per heavy atom. The van der Waals surface area contributed by atoms with Gasteiger partial charge in [0.2, 0.25) is 0 Å². The van der Waals surface area contributed by atoms with Crippen molar-refractivity contribution in [3.63, 3.8) is 0 Å². The van der Waals surface area contributed by atoms with E-state index in [1.54, 1.807) is 5.92 Å². The van der Waals surface area contributed by atoms with Gasteiger partial charge in [-0.3, -0.25) is 0 Å². The van der Waals surface area contributed by atoms with Crippen LogP contribution in [-0.2, 0) is 16.8 Å². The Balaban J connectivity index is 0.000000395. The molecule has 0 nitrogen and oxygen atoms in total. The normalized spacial score (nSPS) is 26.8. The summed E-state index contributed by atoms with van der Waals surface area (Å²) in [4.78, 5) is 0. The zero-order chi connectivity index (χ0) is 19.9. The number of rotatable bonds is 0. The minimum atomic E-state index is -6.00. The van der Waals surface area contributed by atoms with Gasteiger partial charge in [-0.1, -0.05) is 47.5 Å². The van der Waals surface area contributed by atoms with E-state index in [9.17, 15) is 17.3 Å². The van der Waals surface area contributed by atoms with Crippen molar-refractivity contribution in [3.8, 4) is 0 Å². The second-order valence-electron chi connectivity index (χ2n) is 7.16. The van der Waals surface area contributed by atoms with Crippen LogP contribution in [-0.4, -0.2) is 7.25 Å². The Labute approximate surface area is 175 Å². The minimum absolute atomic E-state index is 0. The van der Waals surface area contributed by atoms with E-state index in [4.69, 9.17) is 0 Å². The molecular formula is C21H30BCoF4+2. The van der Waals surface area contributed by atoms with E-state index in [0.29, 0.717) is 0 Å². The summed E-state index contributed by atoms with van der Waals surface area (Å²) in [6.07, 6.45) is 15.9. The van der Waals surface area contributed by atoms with Gasteiger partial charge in [0.25, 0.3) is 0 Å². The van der Waals surface area contributed by atoms with Crippen LogP contribution in [0, 0.1) is 67.1 Å². The molecule has 6 heteroatoms. The quantitative estimate of drug-likeness (QED) is 0.282. The van der Waals surface area contributed by atoms with Gasteiger partial charge in [-0.2, -0.15) is 0 Å². The van der Waals surface area contributed by atoms with Crippen LogP contribution >= 0.6 is 0 Å². The molecule has 0 spiro atoms. The zero-order valence-electron chi connectivity index (χ0n) is 16.8. The molecule has 1 atom stereocenters. The van der Waals surface area contributed by atoms with Gasteiger partial charge in [0.15, 0.2) is 0 Å². The van der Waals surface area contributed by atoms with Gasteiger partial charge < -0.3 is 17.3 Å². The van der Waals surface area contributed by atoms with E-state index in [0.717, 1.165) is 5.92 Å². The summed E-state index contributed by atoms with van der Waals surface area (Å²) in [7, 11) is -6.00. The zero-order valence-corrected chi connectivity index (χ0v) is 17.9. The summed E-state index contributed by atoms with van der Waals surface area (Å²) < 4.78 is 39.0. The summed E-state index contributed by atoms with van der Waals surface area (Å²) in [5.41, 5.74) is 0. The van der Waals surface area contributed by atoms with Gasteiger partial charge in [-0.25, -0.2) is 0 Å². The molecule has 0 saturated heterocycles. The van der Waals surface area contributed by atoms with Crippen LogP contribution in [0.5, 0.6) is 0 Å². The van der Waals surface area contributed by atoms with Crippen molar-refractivity contribution in [1.29, 1.82) is 0 Å². The van der Waals surface area contributed by atoms with E-state index in [1.165, 1.54) is 61.7 Å². The maximum Gasteiger partial charge on any atom is 3.00 e. The molecule has 1 unspecified atom stereocenters. The molecule has 0 aliphatic heterocycles. The molecule has 0 aromatic heterocycles. The average molecular weight is 428 g/mol. The second kappa shape index (κ2) is 12.8. The molecule has 0 heterocycles. The summed E-state index contributed by atoms with van der Waals surface area (Å²) in [5, 5.41) is 0. The smallest absolute Gasteiger partial charge is 0.418 e. The first-order chi connectivity index (χ1) is 12.0. The van der Waals surface area contributed by atoms with Crippen LogP contribution in [0.25, 0.3) is 0 Å². The van der Waals surface area contributed by atoms with Gasteiger partial charge in [-0.15, -0.1) is 0 Å². The van der Waals surface area contributed by atoms with Crippen molar-refractivity contribution in [1.82, 2.24) is 0 Å². The van der Waals surface area contributed by atoms with Gasteiger partial charge in [0, 0.05) is 0 Å². The maximum atomic E-state index is 9.75. The predicted molar refractivity (Wildman–Crippen MR) is 102 cm³/mol. The Morgan fingerprint density at radius 1 is 0.778 bits per heavy atom. The molecule has 27 heavy (non-hydrogen) atoms. The first-order valence-electron chi connectivity index (χ1n) is 9.28. The molecule has 3 rings (SSSR count). The third-order valence-corrected chi connectivity index (χ3v) is 5.58. The fraction of sp³-hybridized carbons (Fsp3) is 0.524. The number of hydrogen-bond donors (Lipinski definition) is 0. The number of halogens is 4. The summed E-state index contributed by atoms with van der Waals surface area (Å²) >= 11 is 0. The number of hydrogen-bond acceptors (Lipinski definition) is 0. The molecule has 0 amide bonds. The fourth-order valence-electron chi connectivity index (χ4n) is 3.50.